The molecule has 1 aromatic carbocycles. The molecule has 110 valence electrons. The van der Waals surface area contributed by atoms with E-state index in [9.17, 15) is 4.39 Å². The van der Waals surface area contributed by atoms with Crippen LogP contribution in [-0.4, -0.2) is 31.9 Å². The van der Waals surface area contributed by atoms with E-state index >= 15 is 0 Å². The number of hydrogen-bond donors (Lipinski definition) is 1. The summed E-state index contributed by atoms with van der Waals surface area (Å²) in [6.45, 7) is 0.602. The van der Waals surface area contributed by atoms with Gasteiger partial charge in [-0.1, -0.05) is 0 Å². The van der Waals surface area contributed by atoms with Gasteiger partial charge < -0.3 is 14.8 Å². The fourth-order valence-electron chi connectivity index (χ4n) is 3.14. The van der Waals surface area contributed by atoms with E-state index in [0.29, 0.717) is 18.8 Å². The van der Waals surface area contributed by atoms with Crippen molar-refractivity contribution >= 4 is 0 Å². The fourth-order valence-corrected chi connectivity index (χ4v) is 3.14. The standard InChI is InChI=1S/C16H22FNO2/c1-18-13-3-5-14(6-4-13)19-10-15-9-11-8-12(17)2-7-16(11)20-15/h2,7-8,13-15,18H,3-6,9-10H2,1H3. The number of ether oxygens (including phenoxy) is 2. The third kappa shape index (κ3) is 3.13. The third-order valence-electron chi connectivity index (χ3n) is 4.36. The zero-order valence-corrected chi connectivity index (χ0v) is 11.9. The van der Waals surface area contributed by atoms with E-state index in [2.05, 4.69) is 5.32 Å². The van der Waals surface area contributed by atoms with Gasteiger partial charge in [0.25, 0.3) is 0 Å². The van der Waals surface area contributed by atoms with Crippen molar-refractivity contribution in [2.24, 2.45) is 0 Å². The highest BCUT2D eigenvalue weighted by Crippen LogP contribution is 2.30. The van der Waals surface area contributed by atoms with Crippen molar-refractivity contribution in [3.8, 4) is 5.75 Å². The molecular weight excluding hydrogens is 257 g/mol. The number of benzene rings is 1. The summed E-state index contributed by atoms with van der Waals surface area (Å²) in [5, 5.41) is 3.32. The summed E-state index contributed by atoms with van der Waals surface area (Å²) in [5.74, 6) is 0.609. The van der Waals surface area contributed by atoms with Crippen molar-refractivity contribution < 1.29 is 13.9 Å². The number of halogens is 1. The predicted octanol–water partition coefficient (Wildman–Crippen LogP) is 2.68. The predicted molar refractivity (Wildman–Crippen MR) is 75.6 cm³/mol. The van der Waals surface area contributed by atoms with Gasteiger partial charge >= 0.3 is 0 Å². The van der Waals surface area contributed by atoms with Gasteiger partial charge in [0.2, 0.25) is 0 Å². The molecule has 1 aromatic rings. The number of hydrogen-bond acceptors (Lipinski definition) is 3. The molecule has 3 nitrogen and oxygen atoms in total. The molecule has 1 heterocycles. The van der Waals surface area contributed by atoms with E-state index in [-0.39, 0.29) is 11.9 Å². The second-order valence-corrected chi connectivity index (χ2v) is 5.79. The smallest absolute Gasteiger partial charge is 0.126 e. The molecule has 0 radical (unpaired) electrons. The van der Waals surface area contributed by atoms with Gasteiger partial charge in [0.05, 0.1) is 12.7 Å². The Kier molecular flexibility index (Phi) is 4.22. The maximum Gasteiger partial charge on any atom is 0.126 e. The van der Waals surface area contributed by atoms with Crippen molar-refractivity contribution in [3.05, 3.63) is 29.6 Å². The van der Waals surface area contributed by atoms with E-state index in [0.717, 1.165) is 30.6 Å². The molecule has 1 unspecified atom stereocenters. The molecule has 1 saturated carbocycles. The molecule has 0 spiro atoms. The molecule has 1 atom stereocenters. The number of rotatable bonds is 4. The Balaban J connectivity index is 1.45. The molecule has 1 aliphatic heterocycles. The Bertz CT molecular complexity index is 458. The molecule has 1 N–H and O–H groups in total. The van der Waals surface area contributed by atoms with E-state index < -0.39 is 0 Å². The van der Waals surface area contributed by atoms with Gasteiger partial charge in [-0.25, -0.2) is 4.39 Å². The molecule has 1 aliphatic carbocycles. The Morgan fingerprint density at radius 1 is 1.30 bits per heavy atom. The summed E-state index contributed by atoms with van der Waals surface area (Å²) in [7, 11) is 2.02. The van der Waals surface area contributed by atoms with Gasteiger partial charge in [-0.3, -0.25) is 0 Å². The van der Waals surface area contributed by atoms with Crippen molar-refractivity contribution in [2.75, 3.05) is 13.7 Å². The minimum absolute atomic E-state index is 0.0359. The maximum absolute atomic E-state index is 13.1. The van der Waals surface area contributed by atoms with E-state index in [1.54, 1.807) is 12.1 Å². The average Bonchev–Trinajstić information content (AvgIpc) is 2.87. The van der Waals surface area contributed by atoms with Crippen LogP contribution >= 0.6 is 0 Å². The van der Waals surface area contributed by atoms with Gasteiger partial charge in [0.15, 0.2) is 0 Å². The zero-order valence-electron chi connectivity index (χ0n) is 11.9. The summed E-state index contributed by atoms with van der Waals surface area (Å²) < 4.78 is 24.9. The Hall–Kier alpha value is -1.13. The third-order valence-corrected chi connectivity index (χ3v) is 4.36. The molecule has 1 fully saturated rings. The molecular formula is C16H22FNO2. The first kappa shape index (κ1) is 13.8. The lowest BCUT2D eigenvalue weighted by atomic mass is 9.93. The summed E-state index contributed by atoms with van der Waals surface area (Å²) in [6, 6.07) is 5.36. The topological polar surface area (TPSA) is 30.5 Å². The average molecular weight is 279 g/mol. The first-order chi connectivity index (χ1) is 9.74. The maximum atomic E-state index is 13.1. The Morgan fingerprint density at radius 3 is 2.85 bits per heavy atom. The molecule has 0 amide bonds. The lowest BCUT2D eigenvalue weighted by Crippen LogP contribution is -2.34. The highest BCUT2D eigenvalue weighted by Gasteiger charge is 2.26. The first-order valence-corrected chi connectivity index (χ1v) is 7.48. The Morgan fingerprint density at radius 2 is 2.10 bits per heavy atom. The van der Waals surface area contributed by atoms with Crippen LogP contribution in [0.4, 0.5) is 4.39 Å². The van der Waals surface area contributed by atoms with Crippen LogP contribution in [0, 0.1) is 5.82 Å². The van der Waals surface area contributed by atoms with Crippen LogP contribution in [0.5, 0.6) is 5.75 Å². The van der Waals surface area contributed by atoms with Crippen LogP contribution in [0.15, 0.2) is 18.2 Å². The summed E-state index contributed by atoms with van der Waals surface area (Å²) in [6.07, 6.45) is 5.71. The van der Waals surface area contributed by atoms with Gasteiger partial charge in [-0.05, 0) is 50.9 Å². The van der Waals surface area contributed by atoms with Gasteiger partial charge in [0, 0.05) is 18.0 Å². The number of fused-ring (bicyclic) bond motifs is 1. The highest BCUT2D eigenvalue weighted by atomic mass is 19.1. The lowest BCUT2D eigenvalue weighted by molar-refractivity contribution is -0.0135. The van der Waals surface area contributed by atoms with Gasteiger partial charge in [0.1, 0.15) is 17.7 Å². The second-order valence-electron chi connectivity index (χ2n) is 5.79. The SMILES string of the molecule is CNC1CCC(OCC2Cc3cc(F)ccc3O2)CC1. The normalized spacial score (nSPS) is 29.0. The van der Waals surface area contributed by atoms with Crippen molar-refractivity contribution in [2.45, 2.75) is 50.4 Å². The van der Waals surface area contributed by atoms with E-state index in [1.165, 1.54) is 18.9 Å². The summed E-state index contributed by atoms with van der Waals surface area (Å²) in [4.78, 5) is 0. The van der Waals surface area contributed by atoms with Crippen LogP contribution in [0.3, 0.4) is 0 Å². The van der Waals surface area contributed by atoms with Gasteiger partial charge in [-0.2, -0.15) is 0 Å². The molecule has 20 heavy (non-hydrogen) atoms. The second kappa shape index (κ2) is 6.10. The summed E-state index contributed by atoms with van der Waals surface area (Å²) >= 11 is 0. The molecule has 4 heteroatoms. The summed E-state index contributed by atoms with van der Waals surface area (Å²) in [5.41, 5.74) is 0.956. The quantitative estimate of drug-likeness (QED) is 0.919. The highest BCUT2D eigenvalue weighted by molar-refractivity contribution is 5.37. The van der Waals surface area contributed by atoms with E-state index in [1.807, 2.05) is 7.05 Å². The number of nitrogens with one attached hydrogen (secondary N) is 1. The van der Waals surface area contributed by atoms with Crippen LogP contribution in [0.2, 0.25) is 0 Å². The van der Waals surface area contributed by atoms with Crippen molar-refractivity contribution in [3.63, 3.8) is 0 Å². The minimum Gasteiger partial charge on any atom is -0.487 e. The van der Waals surface area contributed by atoms with Gasteiger partial charge in [-0.15, -0.1) is 0 Å². The van der Waals surface area contributed by atoms with Crippen molar-refractivity contribution in [1.82, 2.24) is 5.32 Å². The minimum atomic E-state index is -0.195. The molecule has 3 rings (SSSR count). The molecule has 0 bridgehead atoms. The largest absolute Gasteiger partial charge is 0.487 e. The molecule has 2 aliphatic rings. The lowest BCUT2D eigenvalue weighted by Gasteiger charge is -2.28. The fraction of sp³-hybridized carbons (Fsp3) is 0.625. The van der Waals surface area contributed by atoms with E-state index in [4.69, 9.17) is 9.47 Å². The Labute approximate surface area is 119 Å². The van der Waals surface area contributed by atoms with Crippen LogP contribution in [-0.2, 0) is 11.2 Å². The molecule has 0 saturated heterocycles. The van der Waals surface area contributed by atoms with Crippen LogP contribution in [0.1, 0.15) is 31.2 Å². The molecule has 0 aromatic heterocycles. The monoisotopic (exact) mass is 279 g/mol. The van der Waals surface area contributed by atoms with Crippen LogP contribution < -0.4 is 10.1 Å². The van der Waals surface area contributed by atoms with Crippen LogP contribution in [0.25, 0.3) is 0 Å². The first-order valence-electron chi connectivity index (χ1n) is 7.48. The zero-order chi connectivity index (χ0) is 13.9. The van der Waals surface area contributed by atoms with Crippen molar-refractivity contribution in [1.29, 1.82) is 0 Å².